The average molecular weight is 253 g/mol. The van der Waals surface area contributed by atoms with Crippen molar-refractivity contribution in [3.63, 3.8) is 0 Å². The summed E-state index contributed by atoms with van der Waals surface area (Å²) < 4.78 is 0. The largest absolute Gasteiger partial charge is 0.396 e. The number of aliphatic hydroxyl groups is 1. The van der Waals surface area contributed by atoms with Gasteiger partial charge in [0.05, 0.1) is 0 Å². The molecule has 2 N–H and O–H groups in total. The van der Waals surface area contributed by atoms with Crippen LogP contribution in [0.4, 0.5) is 0 Å². The molecule has 2 nitrogen and oxygen atoms in total. The lowest BCUT2D eigenvalue weighted by Gasteiger charge is -2.21. The molecule has 1 aromatic heterocycles. The molecule has 1 aliphatic rings. The average Bonchev–Trinajstić information content (AvgIpc) is 3.03. The fourth-order valence-corrected chi connectivity index (χ4v) is 3.22. The van der Waals surface area contributed by atoms with E-state index in [0.29, 0.717) is 18.6 Å². The van der Waals surface area contributed by atoms with Crippen molar-refractivity contribution >= 4 is 11.3 Å². The van der Waals surface area contributed by atoms with E-state index >= 15 is 0 Å². The van der Waals surface area contributed by atoms with Crippen LogP contribution in [0.15, 0.2) is 17.5 Å². The molecule has 1 heterocycles. The number of hydrogen-bond acceptors (Lipinski definition) is 3. The number of hydrogen-bond donors (Lipinski definition) is 2. The lowest BCUT2D eigenvalue weighted by atomic mass is 10.0. The number of nitrogens with one attached hydrogen (secondary N) is 1. The summed E-state index contributed by atoms with van der Waals surface area (Å²) in [5.41, 5.74) is 0. The van der Waals surface area contributed by atoms with Crippen LogP contribution in [0, 0.1) is 11.8 Å². The van der Waals surface area contributed by atoms with Crippen LogP contribution < -0.4 is 5.32 Å². The molecule has 0 amide bonds. The van der Waals surface area contributed by atoms with E-state index in [1.165, 1.54) is 17.7 Å². The summed E-state index contributed by atoms with van der Waals surface area (Å²) in [5, 5.41) is 14.9. The molecular weight excluding hydrogens is 230 g/mol. The highest BCUT2D eigenvalue weighted by molar-refractivity contribution is 7.10. The highest BCUT2D eigenvalue weighted by Crippen LogP contribution is 2.42. The fourth-order valence-electron chi connectivity index (χ4n) is 2.32. The Morgan fingerprint density at radius 2 is 2.35 bits per heavy atom. The van der Waals surface area contributed by atoms with Gasteiger partial charge in [0.15, 0.2) is 0 Å². The summed E-state index contributed by atoms with van der Waals surface area (Å²) in [6, 6.07) is 4.94. The molecule has 1 aliphatic carbocycles. The van der Waals surface area contributed by atoms with Crippen molar-refractivity contribution in [2.45, 2.75) is 38.6 Å². The lowest BCUT2D eigenvalue weighted by Crippen LogP contribution is -2.28. The third-order valence-corrected chi connectivity index (χ3v) is 4.64. The zero-order valence-corrected chi connectivity index (χ0v) is 11.4. The molecule has 0 spiro atoms. The summed E-state index contributed by atoms with van der Waals surface area (Å²) in [5.74, 6) is 1.46. The van der Waals surface area contributed by atoms with Gasteiger partial charge in [-0.25, -0.2) is 0 Å². The highest BCUT2D eigenvalue weighted by Gasteiger charge is 2.32. The quantitative estimate of drug-likeness (QED) is 0.745. The van der Waals surface area contributed by atoms with Crippen molar-refractivity contribution in [1.82, 2.24) is 5.32 Å². The van der Waals surface area contributed by atoms with Crippen molar-refractivity contribution in [3.05, 3.63) is 22.4 Å². The van der Waals surface area contributed by atoms with Gasteiger partial charge in [-0.3, -0.25) is 0 Å². The molecule has 0 saturated heterocycles. The van der Waals surface area contributed by atoms with E-state index in [1.54, 1.807) is 0 Å². The first-order valence-electron chi connectivity index (χ1n) is 6.72. The first-order chi connectivity index (χ1) is 8.35. The van der Waals surface area contributed by atoms with Gasteiger partial charge in [0.1, 0.15) is 0 Å². The maximum Gasteiger partial charge on any atom is 0.0443 e. The molecule has 0 bridgehead atoms. The van der Waals surface area contributed by atoms with Gasteiger partial charge in [-0.1, -0.05) is 19.4 Å². The van der Waals surface area contributed by atoms with Crippen molar-refractivity contribution in [2.75, 3.05) is 13.2 Å². The number of rotatable bonds is 8. The lowest BCUT2D eigenvalue weighted by molar-refractivity contribution is 0.247. The van der Waals surface area contributed by atoms with Crippen LogP contribution >= 0.6 is 11.3 Å². The maximum absolute atomic E-state index is 9.01. The Balaban J connectivity index is 1.86. The van der Waals surface area contributed by atoms with Gasteiger partial charge in [0, 0.05) is 17.5 Å². The maximum atomic E-state index is 9.01. The van der Waals surface area contributed by atoms with E-state index in [0.717, 1.165) is 25.3 Å². The molecule has 3 heteroatoms. The molecule has 1 saturated carbocycles. The molecule has 0 aliphatic heterocycles. The van der Waals surface area contributed by atoms with Crippen LogP contribution in [-0.4, -0.2) is 18.3 Å². The molecule has 2 rings (SSSR count). The SMILES string of the molecule is CCC(CCO)CNC(c1cccs1)C1CC1. The highest BCUT2D eigenvalue weighted by atomic mass is 32.1. The summed E-state index contributed by atoms with van der Waals surface area (Å²) in [6.07, 6.45) is 4.80. The molecule has 2 atom stereocenters. The van der Waals surface area contributed by atoms with E-state index in [1.807, 2.05) is 11.3 Å². The van der Waals surface area contributed by atoms with Gasteiger partial charge in [0.25, 0.3) is 0 Å². The standard InChI is InChI=1S/C14H23NOS/c1-2-11(7-8-16)10-15-14(12-5-6-12)13-4-3-9-17-13/h3-4,9,11-12,14-16H,2,5-8,10H2,1H3. The van der Waals surface area contributed by atoms with Crippen molar-refractivity contribution in [3.8, 4) is 0 Å². The van der Waals surface area contributed by atoms with Gasteiger partial charge in [-0.05, 0) is 49.1 Å². The second kappa shape index (κ2) is 6.53. The van der Waals surface area contributed by atoms with Crippen LogP contribution in [0.1, 0.15) is 43.5 Å². The zero-order valence-electron chi connectivity index (χ0n) is 10.6. The van der Waals surface area contributed by atoms with Crippen LogP contribution in [0.25, 0.3) is 0 Å². The normalized spacial score (nSPS) is 19.2. The summed E-state index contributed by atoms with van der Waals surface area (Å²) in [7, 11) is 0. The Morgan fingerprint density at radius 1 is 1.53 bits per heavy atom. The van der Waals surface area contributed by atoms with Gasteiger partial charge >= 0.3 is 0 Å². The Hall–Kier alpha value is -0.380. The van der Waals surface area contributed by atoms with Crippen LogP contribution in [0.5, 0.6) is 0 Å². The van der Waals surface area contributed by atoms with Gasteiger partial charge < -0.3 is 10.4 Å². The van der Waals surface area contributed by atoms with E-state index in [2.05, 4.69) is 29.8 Å². The molecule has 1 aromatic rings. The van der Waals surface area contributed by atoms with E-state index in [9.17, 15) is 0 Å². The second-order valence-electron chi connectivity index (χ2n) is 5.03. The Bertz CT molecular complexity index is 308. The molecule has 1 fully saturated rings. The first kappa shape index (κ1) is 13.1. The third-order valence-electron chi connectivity index (χ3n) is 3.68. The van der Waals surface area contributed by atoms with Crippen LogP contribution in [0.3, 0.4) is 0 Å². The summed E-state index contributed by atoms with van der Waals surface area (Å²) in [6.45, 7) is 3.56. The number of aliphatic hydroxyl groups excluding tert-OH is 1. The molecule has 0 aromatic carbocycles. The fraction of sp³-hybridized carbons (Fsp3) is 0.714. The number of thiophene rings is 1. The summed E-state index contributed by atoms with van der Waals surface area (Å²) >= 11 is 1.86. The minimum atomic E-state index is 0.313. The molecule has 0 radical (unpaired) electrons. The topological polar surface area (TPSA) is 32.3 Å². The van der Waals surface area contributed by atoms with Crippen molar-refractivity contribution < 1.29 is 5.11 Å². The molecule has 96 valence electrons. The minimum absolute atomic E-state index is 0.313. The molecular formula is C14H23NOS. The third kappa shape index (κ3) is 3.80. The Kier molecular flexibility index (Phi) is 5.01. The van der Waals surface area contributed by atoms with E-state index in [-0.39, 0.29) is 0 Å². The monoisotopic (exact) mass is 253 g/mol. The first-order valence-corrected chi connectivity index (χ1v) is 7.60. The van der Waals surface area contributed by atoms with Crippen molar-refractivity contribution in [2.24, 2.45) is 11.8 Å². The van der Waals surface area contributed by atoms with Gasteiger partial charge in [-0.2, -0.15) is 0 Å². The Labute approximate surface area is 108 Å². The predicted molar refractivity (Wildman–Crippen MR) is 73.3 cm³/mol. The van der Waals surface area contributed by atoms with E-state index < -0.39 is 0 Å². The van der Waals surface area contributed by atoms with Crippen LogP contribution in [-0.2, 0) is 0 Å². The van der Waals surface area contributed by atoms with Gasteiger partial charge in [-0.15, -0.1) is 11.3 Å². The van der Waals surface area contributed by atoms with Crippen molar-refractivity contribution in [1.29, 1.82) is 0 Å². The molecule has 17 heavy (non-hydrogen) atoms. The smallest absolute Gasteiger partial charge is 0.0443 e. The van der Waals surface area contributed by atoms with Gasteiger partial charge in [0.2, 0.25) is 0 Å². The van der Waals surface area contributed by atoms with Crippen LogP contribution in [0.2, 0.25) is 0 Å². The van der Waals surface area contributed by atoms with E-state index in [4.69, 9.17) is 5.11 Å². The minimum Gasteiger partial charge on any atom is -0.396 e. The summed E-state index contributed by atoms with van der Waals surface area (Å²) in [4.78, 5) is 1.48. The second-order valence-corrected chi connectivity index (χ2v) is 6.00. The zero-order chi connectivity index (χ0) is 12.1. The Morgan fingerprint density at radius 3 is 2.88 bits per heavy atom. The predicted octanol–water partition coefficient (Wildman–Crippen LogP) is 3.20. The molecule has 2 unspecified atom stereocenters.